The lowest BCUT2D eigenvalue weighted by Crippen LogP contribution is -2.43. The Morgan fingerprint density at radius 3 is 2.79 bits per heavy atom. The molecule has 0 aliphatic heterocycles. The normalized spacial score (nSPS) is 13.8. The molecule has 1 amide bonds. The number of hydrogen-bond acceptors (Lipinski definition) is 8. The molecule has 0 radical (unpaired) electrons. The van der Waals surface area contributed by atoms with Crippen LogP contribution < -0.4 is 11.1 Å². The highest BCUT2D eigenvalue weighted by molar-refractivity contribution is 5.84. The van der Waals surface area contributed by atoms with Crippen LogP contribution in [0.2, 0.25) is 0 Å². The van der Waals surface area contributed by atoms with Crippen molar-refractivity contribution >= 4 is 28.9 Å². The van der Waals surface area contributed by atoms with Crippen LogP contribution in [0.3, 0.4) is 0 Å². The Kier molecular flexibility index (Phi) is 9.54. The molecule has 2 atom stereocenters. The van der Waals surface area contributed by atoms with E-state index in [-0.39, 0.29) is 42.5 Å². The van der Waals surface area contributed by atoms with E-state index in [0.29, 0.717) is 6.42 Å². The maximum absolute atomic E-state index is 13.6. The summed E-state index contributed by atoms with van der Waals surface area (Å²) in [6, 6.07) is -0.823. The fraction of sp³-hybridized carbons (Fsp3) is 0.591. The molecule has 3 N–H and O–H groups in total. The van der Waals surface area contributed by atoms with Gasteiger partial charge in [-0.25, -0.2) is 9.78 Å². The van der Waals surface area contributed by atoms with Gasteiger partial charge in [-0.3, -0.25) is 4.79 Å². The number of rotatable bonds is 13. The number of carbonyl (C=O) groups excluding carboxylic acids is 2. The maximum atomic E-state index is 13.6. The molecule has 2 heterocycles. The van der Waals surface area contributed by atoms with Gasteiger partial charge in [-0.05, 0) is 13.3 Å². The van der Waals surface area contributed by atoms with Crippen LogP contribution in [0.15, 0.2) is 6.33 Å². The average Bonchev–Trinajstić information content (AvgIpc) is 3.20. The van der Waals surface area contributed by atoms with Gasteiger partial charge < -0.3 is 25.1 Å². The minimum atomic E-state index is -1.24. The second-order valence-electron chi connectivity index (χ2n) is 7.79. The SMILES string of the molecule is C#CC(CCn1cnc2c(N)nc(F)nc21)(COC(=O)[C@H](C)NC(=O)CCCCCC)OC. The number of nitrogen functional groups attached to an aromatic ring is 1. The Balaban J connectivity index is 1.93. The topological polar surface area (TPSA) is 134 Å². The number of hydrogen-bond donors (Lipinski definition) is 2. The van der Waals surface area contributed by atoms with Gasteiger partial charge in [0.1, 0.15) is 18.2 Å². The lowest BCUT2D eigenvalue weighted by Gasteiger charge is -2.27. The number of nitrogens with two attached hydrogens (primary N) is 1. The first-order chi connectivity index (χ1) is 15.7. The van der Waals surface area contributed by atoms with Gasteiger partial charge in [0.15, 0.2) is 17.1 Å². The van der Waals surface area contributed by atoms with Crippen molar-refractivity contribution in [2.45, 2.75) is 70.6 Å². The Bertz CT molecular complexity index is 1000. The first-order valence-electron chi connectivity index (χ1n) is 10.9. The fourth-order valence-electron chi connectivity index (χ4n) is 3.21. The lowest BCUT2D eigenvalue weighted by atomic mass is 10.0. The standard InChI is InChI=1S/C22H31FN6O4/c1-5-7-8-9-10-16(30)26-15(3)20(31)33-13-22(6-2,32-4)11-12-29-14-25-17-18(24)27-21(23)28-19(17)29/h2,14-15H,5,7-13H2,1,3-4H3,(H,26,30)(H2,24,27,28)/t15-,22?/m0/s1. The maximum Gasteiger partial charge on any atom is 0.328 e. The number of amides is 1. The third-order valence-corrected chi connectivity index (χ3v) is 5.31. The molecule has 10 nitrogen and oxygen atoms in total. The van der Waals surface area contributed by atoms with Gasteiger partial charge in [0.2, 0.25) is 5.91 Å². The molecule has 33 heavy (non-hydrogen) atoms. The number of terminal acetylenes is 1. The number of nitrogens with zero attached hydrogens (tertiary/aromatic N) is 4. The minimum Gasteiger partial charge on any atom is -0.460 e. The highest BCUT2D eigenvalue weighted by Crippen LogP contribution is 2.20. The molecule has 0 bridgehead atoms. The molecular weight excluding hydrogens is 431 g/mol. The summed E-state index contributed by atoms with van der Waals surface area (Å²) in [6.07, 6.45) is 10.6. The number of ether oxygens (including phenoxy) is 2. The Hall–Kier alpha value is -3.26. The van der Waals surface area contributed by atoms with Gasteiger partial charge >= 0.3 is 12.0 Å². The molecule has 2 rings (SSSR count). The van der Waals surface area contributed by atoms with Gasteiger partial charge in [-0.1, -0.05) is 32.1 Å². The van der Waals surface area contributed by atoms with Crippen molar-refractivity contribution in [3.05, 3.63) is 12.4 Å². The number of anilines is 1. The summed E-state index contributed by atoms with van der Waals surface area (Å²) in [5, 5.41) is 2.63. The number of fused-ring (bicyclic) bond motifs is 1. The van der Waals surface area contributed by atoms with Crippen LogP contribution in [-0.4, -0.2) is 56.8 Å². The third-order valence-electron chi connectivity index (χ3n) is 5.31. The van der Waals surface area contributed by atoms with Crippen LogP contribution in [0.5, 0.6) is 0 Å². The van der Waals surface area contributed by atoms with E-state index in [1.54, 1.807) is 11.5 Å². The Labute approximate surface area is 192 Å². The summed E-state index contributed by atoms with van der Waals surface area (Å²) in [7, 11) is 1.40. The van der Waals surface area contributed by atoms with E-state index >= 15 is 0 Å². The van der Waals surface area contributed by atoms with Gasteiger partial charge in [-0.15, -0.1) is 6.42 Å². The summed E-state index contributed by atoms with van der Waals surface area (Å²) in [5.41, 5.74) is 4.92. The molecule has 0 saturated heterocycles. The van der Waals surface area contributed by atoms with E-state index in [9.17, 15) is 14.0 Å². The van der Waals surface area contributed by atoms with Gasteiger partial charge in [0.25, 0.3) is 0 Å². The van der Waals surface area contributed by atoms with Crippen LogP contribution in [0.1, 0.15) is 52.4 Å². The first-order valence-corrected chi connectivity index (χ1v) is 10.9. The summed E-state index contributed by atoms with van der Waals surface area (Å²) >= 11 is 0. The molecule has 11 heteroatoms. The fourth-order valence-corrected chi connectivity index (χ4v) is 3.21. The quantitative estimate of drug-likeness (QED) is 0.200. The third kappa shape index (κ3) is 7.12. The zero-order valence-corrected chi connectivity index (χ0v) is 19.3. The van der Waals surface area contributed by atoms with Crippen LogP contribution in [-0.2, 0) is 25.6 Å². The van der Waals surface area contributed by atoms with E-state index in [1.165, 1.54) is 13.4 Å². The van der Waals surface area contributed by atoms with Crippen LogP contribution in [0.4, 0.5) is 10.2 Å². The molecular formula is C22H31FN6O4. The zero-order valence-electron chi connectivity index (χ0n) is 19.3. The van der Waals surface area contributed by atoms with E-state index < -0.39 is 23.7 Å². The zero-order chi connectivity index (χ0) is 24.4. The molecule has 0 aliphatic rings. The molecule has 2 aromatic rings. The number of aromatic nitrogens is 4. The van der Waals surface area contributed by atoms with Crippen molar-refractivity contribution in [2.75, 3.05) is 19.5 Å². The first kappa shape index (κ1) is 26.0. The minimum absolute atomic E-state index is 0.0680. The average molecular weight is 463 g/mol. The molecule has 180 valence electrons. The second kappa shape index (κ2) is 12.1. The predicted molar refractivity (Wildman–Crippen MR) is 120 cm³/mol. The van der Waals surface area contributed by atoms with E-state index in [0.717, 1.165) is 25.7 Å². The van der Waals surface area contributed by atoms with Gasteiger partial charge in [0, 0.05) is 26.5 Å². The largest absolute Gasteiger partial charge is 0.460 e. The Morgan fingerprint density at radius 1 is 1.36 bits per heavy atom. The molecule has 0 fully saturated rings. The molecule has 0 aliphatic carbocycles. The van der Waals surface area contributed by atoms with Gasteiger partial charge in [0.05, 0.1) is 6.33 Å². The monoisotopic (exact) mass is 462 g/mol. The highest BCUT2D eigenvalue weighted by Gasteiger charge is 2.31. The second-order valence-corrected chi connectivity index (χ2v) is 7.79. The van der Waals surface area contributed by atoms with Crippen LogP contribution in [0, 0.1) is 18.4 Å². The summed E-state index contributed by atoms with van der Waals surface area (Å²) in [6.45, 7) is 3.66. The van der Waals surface area contributed by atoms with Crippen LogP contribution >= 0.6 is 0 Å². The van der Waals surface area contributed by atoms with Crippen molar-refractivity contribution in [3.8, 4) is 12.3 Å². The molecule has 0 aromatic carbocycles. The number of halogens is 1. The van der Waals surface area contributed by atoms with Crippen molar-refractivity contribution in [2.24, 2.45) is 0 Å². The number of imidazole rings is 1. The van der Waals surface area contributed by atoms with Crippen molar-refractivity contribution < 1.29 is 23.5 Å². The number of esters is 1. The number of methoxy groups -OCH3 is 1. The molecule has 1 unspecified atom stereocenters. The number of unbranched alkanes of at least 4 members (excludes halogenated alkanes) is 3. The lowest BCUT2D eigenvalue weighted by molar-refractivity contribution is -0.153. The van der Waals surface area contributed by atoms with Crippen LogP contribution in [0.25, 0.3) is 11.2 Å². The summed E-state index contributed by atoms with van der Waals surface area (Å²) in [5.74, 6) is 1.63. The van der Waals surface area contributed by atoms with E-state index in [1.807, 2.05) is 0 Å². The summed E-state index contributed by atoms with van der Waals surface area (Å²) in [4.78, 5) is 35.6. The number of aryl methyl sites for hydroxylation is 1. The Morgan fingerprint density at radius 2 is 2.12 bits per heavy atom. The van der Waals surface area contributed by atoms with E-state index in [4.69, 9.17) is 21.6 Å². The van der Waals surface area contributed by atoms with Crippen molar-refractivity contribution in [1.82, 2.24) is 24.8 Å². The van der Waals surface area contributed by atoms with Crippen molar-refractivity contribution in [3.63, 3.8) is 0 Å². The predicted octanol–water partition coefficient (Wildman–Crippen LogP) is 1.97. The summed E-state index contributed by atoms with van der Waals surface area (Å²) < 4.78 is 25.9. The van der Waals surface area contributed by atoms with Crippen molar-refractivity contribution in [1.29, 1.82) is 0 Å². The number of carbonyl (C=O) groups is 2. The smallest absolute Gasteiger partial charge is 0.328 e. The number of nitrogens with one attached hydrogen (secondary N) is 1. The van der Waals surface area contributed by atoms with Gasteiger partial charge in [-0.2, -0.15) is 14.4 Å². The highest BCUT2D eigenvalue weighted by atomic mass is 19.1. The molecule has 0 spiro atoms. The molecule has 0 saturated carbocycles. The van der Waals surface area contributed by atoms with E-state index in [2.05, 4.69) is 33.1 Å². The molecule has 2 aromatic heterocycles.